The topological polar surface area (TPSA) is 41.5 Å². The number of hydrogen-bond donors (Lipinski definition) is 2. The fourth-order valence-corrected chi connectivity index (χ4v) is 3.03. The molecule has 1 aromatic carbocycles. The van der Waals surface area contributed by atoms with Crippen LogP contribution >= 0.6 is 0 Å². The summed E-state index contributed by atoms with van der Waals surface area (Å²) in [6.07, 6.45) is 3.11. The smallest absolute Gasteiger partial charge is 0.0616 e. The van der Waals surface area contributed by atoms with Crippen LogP contribution in [0.1, 0.15) is 49.3 Å². The number of aliphatic hydroxyl groups excluding tert-OH is 1. The Kier molecular flexibility index (Phi) is 5.37. The number of benzene rings is 1. The third kappa shape index (κ3) is 3.56. The van der Waals surface area contributed by atoms with E-state index >= 15 is 0 Å². The van der Waals surface area contributed by atoms with Crippen molar-refractivity contribution in [2.75, 3.05) is 20.3 Å². The first-order valence-corrected chi connectivity index (χ1v) is 7.21. The van der Waals surface area contributed by atoms with Crippen molar-refractivity contribution in [2.24, 2.45) is 0 Å². The Morgan fingerprint density at radius 1 is 1.32 bits per heavy atom. The number of methoxy groups -OCH3 is 1. The molecular weight excluding hydrogens is 238 g/mol. The summed E-state index contributed by atoms with van der Waals surface area (Å²) in [6.45, 7) is 3.15. The van der Waals surface area contributed by atoms with Gasteiger partial charge in [0.25, 0.3) is 0 Å². The van der Waals surface area contributed by atoms with Crippen LogP contribution in [0.3, 0.4) is 0 Å². The van der Waals surface area contributed by atoms with Crippen molar-refractivity contribution in [3.05, 3.63) is 35.4 Å². The molecule has 19 heavy (non-hydrogen) atoms. The minimum Gasteiger partial charge on any atom is -0.396 e. The lowest BCUT2D eigenvalue weighted by molar-refractivity contribution is 0.140. The van der Waals surface area contributed by atoms with E-state index in [0.717, 1.165) is 12.8 Å². The molecule has 0 radical (unpaired) electrons. The molecule has 0 bridgehead atoms. The van der Waals surface area contributed by atoms with Crippen LogP contribution in [-0.4, -0.2) is 31.5 Å². The molecule has 0 aromatic heterocycles. The molecule has 0 saturated carbocycles. The second kappa shape index (κ2) is 7.04. The number of rotatable bonds is 6. The Hall–Kier alpha value is -0.900. The van der Waals surface area contributed by atoms with E-state index < -0.39 is 0 Å². The average Bonchev–Trinajstić information content (AvgIpc) is 2.43. The standard InChI is InChI=1S/C16H25NO2/c1-12-7-8-16(15-6-4-3-5-14(12)15)17-13(9-10-18)11-19-2/h3-6,12-13,16-18H,7-11H2,1-2H3. The van der Waals surface area contributed by atoms with Crippen LogP contribution in [0, 0.1) is 0 Å². The summed E-state index contributed by atoms with van der Waals surface area (Å²) in [4.78, 5) is 0. The number of ether oxygens (including phenoxy) is 1. The molecule has 2 N–H and O–H groups in total. The maximum Gasteiger partial charge on any atom is 0.0616 e. The third-order valence-corrected chi connectivity index (χ3v) is 4.07. The zero-order chi connectivity index (χ0) is 13.7. The summed E-state index contributed by atoms with van der Waals surface area (Å²) in [5, 5.41) is 12.8. The molecule has 2 rings (SSSR count). The second-order valence-electron chi connectivity index (χ2n) is 5.49. The van der Waals surface area contributed by atoms with Gasteiger partial charge in [-0.1, -0.05) is 31.2 Å². The first kappa shape index (κ1) is 14.5. The van der Waals surface area contributed by atoms with Crippen molar-refractivity contribution in [1.29, 1.82) is 0 Å². The van der Waals surface area contributed by atoms with Gasteiger partial charge in [0.15, 0.2) is 0 Å². The van der Waals surface area contributed by atoms with Crippen LogP contribution < -0.4 is 5.32 Å². The summed E-state index contributed by atoms with van der Waals surface area (Å²) in [6, 6.07) is 9.32. The molecule has 0 heterocycles. The van der Waals surface area contributed by atoms with E-state index in [4.69, 9.17) is 9.84 Å². The van der Waals surface area contributed by atoms with Gasteiger partial charge in [-0.25, -0.2) is 0 Å². The van der Waals surface area contributed by atoms with Crippen LogP contribution in [-0.2, 0) is 4.74 Å². The van der Waals surface area contributed by atoms with Crippen LogP contribution in [0.2, 0.25) is 0 Å². The summed E-state index contributed by atoms with van der Waals surface area (Å²) in [5.41, 5.74) is 2.88. The van der Waals surface area contributed by atoms with Crippen LogP contribution in [0.15, 0.2) is 24.3 Å². The quantitative estimate of drug-likeness (QED) is 0.829. The van der Waals surface area contributed by atoms with Gasteiger partial charge >= 0.3 is 0 Å². The van der Waals surface area contributed by atoms with Gasteiger partial charge in [-0.2, -0.15) is 0 Å². The van der Waals surface area contributed by atoms with Crippen molar-refractivity contribution in [2.45, 2.75) is 44.2 Å². The normalized spacial score (nSPS) is 23.9. The molecule has 1 aliphatic carbocycles. The third-order valence-electron chi connectivity index (χ3n) is 4.07. The predicted octanol–water partition coefficient (Wildman–Crippen LogP) is 2.61. The van der Waals surface area contributed by atoms with E-state index in [1.54, 1.807) is 7.11 Å². The molecule has 3 nitrogen and oxygen atoms in total. The van der Waals surface area contributed by atoms with Gasteiger partial charge in [-0.3, -0.25) is 0 Å². The van der Waals surface area contributed by atoms with E-state index in [2.05, 4.69) is 36.5 Å². The Morgan fingerprint density at radius 2 is 2.05 bits per heavy atom. The van der Waals surface area contributed by atoms with Crippen LogP contribution in [0.25, 0.3) is 0 Å². The largest absolute Gasteiger partial charge is 0.396 e. The van der Waals surface area contributed by atoms with E-state index in [9.17, 15) is 0 Å². The fourth-order valence-electron chi connectivity index (χ4n) is 3.03. The summed E-state index contributed by atoms with van der Waals surface area (Å²) in [7, 11) is 1.71. The van der Waals surface area contributed by atoms with Crippen molar-refractivity contribution in [3.8, 4) is 0 Å². The zero-order valence-electron chi connectivity index (χ0n) is 11.9. The van der Waals surface area contributed by atoms with Gasteiger partial charge in [0, 0.05) is 25.8 Å². The SMILES string of the molecule is COCC(CCO)NC1CCC(C)c2ccccc21. The number of fused-ring (bicyclic) bond motifs is 1. The maximum absolute atomic E-state index is 9.13. The molecule has 0 amide bonds. The van der Waals surface area contributed by atoms with Gasteiger partial charge < -0.3 is 15.2 Å². The van der Waals surface area contributed by atoms with E-state index in [1.165, 1.54) is 17.5 Å². The Balaban J connectivity index is 2.10. The molecular formula is C16H25NO2. The maximum atomic E-state index is 9.13. The molecule has 1 aromatic rings. The van der Waals surface area contributed by atoms with Crippen molar-refractivity contribution >= 4 is 0 Å². The Labute approximate surface area is 116 Å². The zero-order valence-corrected chi connectivity index (χ0v) is 11.9. The minimum absolute atomic E-state index is 0.200. The van der Waals surface area contributed by atoms with Gasteiger partial charge in [0.2, 0.25) is 0 Å². The molecule has 0 saturated heterocycles. The minimum atomic E-state index is 0.200. The fraction of sp³-hybridized carbons (Fsp3) is 0.625. The van der Waals surface area contributed by atoms with E-state index in [1.807, 2.05) is 0 Å². The molecule has 0 spiro atoms. The predicted molar refractivity (Wildman–Crippen MR) is 77.3 cm³/mol. The van der Waals surface area contributed by atoms with Gasteiger partial charge in [0.1, 0.15) is 0 Å². The Morgan fingerprint density at radius 3 is 2.74 bits per heavy atom. The number of aliphatic hydroxyl groups is 1. The second-order valence-corrected chi connectivity index (χ2v) is 5.49. The van der Waals surface area contributed by atoms with Crippen molar-refractivity contribution in [3.63, 3.8) is 0 Å². The van der Waals surface area contributed by atoms with Gasteiger partial charge in [-0.15, -0.1) is 0 Å². The molecule has 3 atom stereocenters. The molecule has 0 fully saturated rings. The lowest BCUT2D eigenvalue weighted by Crippen LogP contribution is -2.38. The first-order chi connectivity index (χ1) is 9.26. The van der Waals surface area contributed by atoms with Crippen molar-refractivity contribution < 1.29 is 9.84 Å². The van der Waals surface area contributed by atoms with Gasteiger partial charge in [0.05, 0.1) is 6.61 Å². The number of hydrogen-bond acceptors (Lipinski definition) is 3. The highest BCUT2D eigenvalue weighted by Gasteiger charge is 2.25. The Bertz CT molecular complexity index is 388. The monoisotopic (exact) mass is 263 g/mol. The molecule has 3 unspecified atom stereocenters. The molecule has 1 aliphatic rings. The highest BCUT2D eigenvalue weighted by molar-refractivity contribution is 5.35. The number of nitrogens with one attached hydrogen (secondary N) is 1. The first-order valence-electron chi connectivity index (χ1n) is 7.21. The molecule has 106 valence electrons. The lowest BCUT2D eigenvalue weighted by atomic mass is 9.81. The van der Waals surface area contributed by atoms with E-state index in [0.29, 0.717) is 18.6 Å². The average molecular weight is 263 g/mol. The lowest BCUT2D eigenvalue weighted by Gasteiger charge is -2.33. The van der Waals surface area contributed by atoms with Crippen molar-refractivity contribution in [1.82, 2.24) is 5.32 Å². The van der Waals surface area contributed by atoms with Crippen LogP contribution in [0.4, 0.5) is 0 Å². The highest BCUT2D eigenvalue weighted by Crippen LogP contribution is 2.37. The van der Waals surface area contributed by atoms with E-state index in [-0.39, 0.29) is 12.6 Å². The summed E-state index contributed by atoms with van der Waals surface area (Å²) >= 11 is 0. The van der Waals surface area contributed by atoms with Gasteiger partial charge in [-0.05, 0) is 36.3 Å². The summed E-state index contributed by atoms with van der Waals surface area (Å²) < 4.78 is 5.23. The highest BCUT2D eigenvalue weighted by atomic mass is 16.5. The van der Waals surface area contributed by atoms with Crippen LogP contribution in [0.5, 0.6) is 0 Å². The molecule has 3 heteroatoms. The summed E-state index contributed by atoms with van der Waals surface area (Å²) in [5.74, 6) is 0.646. The molecule has 0 aliphatic heterocycles.